The minimum absolute atomic E-state index is 0.281. The second kappa shape index (κ2) is 8.88. The molecule has 0 aliphatic carbocycles. The van der Waals surface area contributed by atoms with Crippen molar-refractivity contribution in [2.45, 2.75) is 50.8 Å². The third-order valence-electron chi connectivity index (χ3n) is 4.24. The summed E-state index contributed by atoms with van der Waals surface area (Å²) in [5.74, 6) is 0.836. The van der Waals surface area contributed by atoms with Gasteiger partial charge in [-0.05, 0) is 36.1 Å². The molecule has 0 saturated carbocycles. The summed E-state index contributed by atoms with van der Waals surface area (Å²) in [4.78, 5) is 0.281. The maximum absolute atomic E-state index is 12.7. The first-order valence-electron chi connectivity index (χ1n) is 8.64. The number of hydrogen-bond acceptors (Lipinski definition) is 3. The molecule has 0 fully saturated rings. The third kappa shape index (κ3) is 5.10. The molecule has 2 rings (SSSR count). The molecule has 2 aromatic carbocycles. The van der Waals surface area contributed by atoms with Crippen LogP contribution in [0.5, 0.6) is 5.75 Å². The Bertz CT molecular complexity index is 724. The van der Waals surface area contributed by atoms with Crippen molar-refractivity contribution in [3.05, 3.63) is 60.2 Å². The van der Waals surface area contributed by atoms with Crippen molar-refractivity contribution in [1.29, 1.82) is 0 Å². The van der Waals surface area contributed by atoms with Crippen molar-refractivity contribution in [1.82, 2.24) is 0 Å². The molecule has 0 saturated heterocycles. The van der Waals surface area contributed by atoms with Gasteiger partial charge in [0.1, 0.15) is 10.6 Å². The molecule has 0 amide bonds. The topological polar surface area (TPSA) is 43.4 Å². The second-order valence-electron chi connectivity index (χ2n) is 6.08. The summed E-state index contributed by atoms with van der Waals surface area (Å²) in [5, 5.41) is 0. The Hall–Kier alpha value is -1.81. The second-order valence-corrected chi connectivity index (χ2v) is 7.59. The first-order valence-corrected chi connectivity index (χ1v) is 10.0. The molecular weight excluding hydrogens is 320 g/mol. The lowest BCUT2D eigenvalue weighted by atomic mass is 9.92. The number of para-hydroxylation sites is 1. The van der Waals surface area contributed by atoms with Gasteiger partial charge in [0.15, 0.2) is 0 Å². The molecule has 0 heterocycles. The Kier molecular flexibility index (Phi) is 6.85. The van der Waals surface area contributed by atoms with Gasteiger partial charge in [-0.1, -0.05) is 75.9 Å². The van der Waals surface area contributed by atoms with Crippen LogP contribution in [0.4, 0.5) is 0 Å². The predicted molar refractivity (Wildman–Crippen MR) is 97.7 cm³/mol. The molecule has 4 heteroatoms. The van der Waals surface area contributed by atoms with E-state index in [1.165, 1.54) is 6.42 Å². The van der Waals surface area contributed by atoms with E-state index < -0.39 is 10.1 Å². The molecule has 0 radical (unpaired) electrons. The van der Waals surface area contributed by atoms with Crippen LogP contribution in [0.15, 0.2) is 59.5 Å². The zero-order chi connectivity index (χ0) is 17.4. The largest absolute Gasteiger partial charge is 0.379 e. The first-order chi connectivity index (χ1) is 11.6. The van der Waals surface area contributed by atoms with Crippen molar-refractivity contribution in [2.75, 3.05) is 0 Å². The highest BCUT2D eigenvalue weighted by atomic mass is 32.2. The maximum atomic E-state index is 12.7. The van der Waals surface area contributed by atoms with E-state index in [-0.39, 0.29) is 4.90 Å². The highest BCUT2D eigenvalue weighted by Crippen LogP contribution is 2.26. The molecule has 1 atom stereocenters. The number of rotatable bonds is 9. The van der Waals surface area contributed by atoms with Gasteiger partial charge >= 0.3 is 10.1 Å². The van der Waals surface area contributed by atoms with Gasteiger partial charge in [-0.3, -0.25) is 0 Å². The van der Waals surface area contributed by atoms with E-state index in [0.717, 1.165) is 31.2 Å². The van der Waals surface area contributed by atoms with E-state index in [1.54, 1.807) is 36.4 Å². The van der Waals surface area contributed by atoms with Crippen LogP contribution in [-0.4, -0.2) is 8.42 Å². The van der Waals surface area contributed by atoms with E-state index in [2.05, 4.69) is 13.8 Å². The Balaban J connectivity index is 2.24. The van der Waals surface area contributed by atoms with E-state index in [0.29, 0.717) is 11.7 Å². The Morgan fingerprint density at radius 3 is 2.29 bits per heavy atom. The fourth-order valence-electron chi connectivity index (χ4n) is 2.82. The summed E-state index contributed by atoms with van der Waals surface area (Å²) in [7, 11) is -3.82. The first kappa shape index (κ1) is 18.5. The summed E-state index contributed by atoms with van der Waals surface area (Å²) >= 11 is 0. The molecule has 0 bridgehead atoms. The summed E-state index contributed by atoms with van der Waals surface area (Å²) in [5.41, 5.74) is 0.844. The average Bonchev–Trinajstić information content (AvgIpc) is 2.59. The quantitative estimate of drug-likeness (QED) is 0.585. The predicted octanol–water partition coefficient (Wildman–Crippen LogP) is 5.21. The smallest absolute Gasteiger partial charge is 0.339 e. The molecule has 0 spiro atoms. The van der Waals surface area contributed by atoms with Gasteiger partial charge < -0.3 is 4.18 Å². The lowest BCUT2D eigenvalue weighted by molar-refractivity contribution is 0.443. The van der Waals surface area contributed by atoms with E-state index >= 15 is 0 Å². The molecule has 24 heavy (non-hydrogen) atoms. The standard InChI is InChI=1S/C20H26O3S/c1-3-5-11-17(4-2)16-18-12-9-10-15-20(18)24(21,22)23-19-13-7-6-8-14-19/h6-10,12-15,17H,3-5,11,16H2,1-2H3. The van der Waals surface area contributed by atoms with Crippen LogP contribution in [0, 0.1) is 5.92 Å². The van der Waals surface area contributed by atoms with Gasteiger partial charge in [-0.2, -0.15) is 8.42 Å². The summed E-state index contributed by atoms with van der Waals surface area (Å²) in [6.45, 7) is 4.34. The maximum Gasteiger partial charge on any atom is 0.339 e. The van der Waals surface area contributed by atoms with Gasteiger partial charge in [0.25, 0.3) is 0 Å². The monoisotopic (exact) mass is 346 g/mol. The van der Waals surface area contributed by atoms with Crippen LogP contribution in [0.3, 0.4) is 0 Å². The van der Waals surface area contributed by atoms with Gasteiger partial charge in [0.05, 0.1) is 0 Å². The van der Waals surface area contributed by atoms with E-state index in [1.807, 2.05) is 18.2 Å². The number of hydrogen-bond donors (Lipinski definition) is 0. The van der Waals surface area contributed by atoms with E-state index in [4.69, 9.17) is 4.18 Å². The van der Waals surface area contributed by atoms with Crippen LogP contribution in [-0.2, 0) is 16.5 Å². The Labute approximate surface area is 145 Å². The SMILES string of the molecule is CCCCC(CC)Cc1ccccc1S(=O)(=O)Oc1ccccc1. The fourth-order valence-corrected chi connectivity index (χ4v) is 3.99. The molecule has 0 aliphatic rings. The lowest BCUT2D eigenvalue weighted by Crippen LogP contribution is -2.14. The highest BCUT2D eigenvalue weighted by Gasteiger charge is 2.22. The molecular formula is C20H26O3S. The molecule has 2 aromatic rings. The number of unbranched alkanes of at least 4 members (excludes halogenated alkanes) is 1. The van der Waals surface area contributed by atoms with Crippen LogP contribution < -0.4 is 4.18 Å². The van der Waals surface area contributed by atoms with Crippen molar-refractivity contribution < 1.29 is 12.6 Å². The van der Waals surface area contributed by atoms with Gasteiger partial charge in [0, 0.05) is 0 Å². The van der Waals surface area contributed by atoms with Gasteiger partial charge in [-0.25, -0.2) is 0 Å². The third-order valence-corrected chi connectivity index (χ3v) is 5.59. The van der Waals surface area contributed by atoms with Crippen LogP contribution in [0.2, 0.25) is 0 Å². The minimum Gasteiger partial charge on any atom is -0.379 e. The summed E-state index contributed by atoms with van der Waals surface area (Å²) in [6, 6.07) is 15.8. The van der Waals surface area contributed by atoms with Gasteiger partial charge in [0.2, 0.25) is 0 Å². The van der Waals surface area contributed by atoms with Gasteiger partial charge in [-0.15, -0.1) is 0 Å². The Morgan fingerprint density at radius 1 is 0.958 bits per heavy atom. The molecule has 0 N–H and O–H groups in total. The van der Waals surface area contributed by atoms with Crippen molar-refractivity contribution in [2.24, 2.45) is 5.92 Å². The summed E-state index contributed by atoms with van der Waals surface area (Å²) < 4.78 is 30.7. The van der Waals surface area contributed by atoms with Crippen molar-refractivity contribution in [3.63, 3.8) is 0 Å². The molecule has 0 aliphatic heterocycles. The normalized spacial score (nSPS) is 12.8. The molecule has 130 valence electrons. The van der Waals surface area contributed by atoms with Crippen molar-refractivity contribution in [3.8, 4) is 5.75 Å². The van der Waals surface area contributed by atoms with Crippen molar-refractivity contribution >= 4 is 10.1 Å². The molecule has 0 aromatic heterocycles. The van der Waals surface area contributed by atoms with Crippen LogP contribution in [0.25, 0.3) is 0 Å². The van der Waals surface area contributed by atoms with E-state index in [9.17, 15) is 8.42 Å². The average molecular weight is 346 g/mol. The molecule has 3 nitrogen and oxygen atoms in total. The van der Waals surface area contributed by atoms with Crippen LogP contribution in [0.1, 0.15) is 45.1 Å². The van der Waals surface area contributed by atoms with Crippen LogP contribution >= 0.6 is 0 Å². The molecule has 1 unspecified atom stereocenters. The number of benzene rings is 2. The minimum atomic E-state index is -3.82. The summed E-state index contributed by atoms with van der Waals surface area (Å²) in [6.07, 6.45) is 5.28. The lowest BCUT2D eigenvalue weighted by Gasteiger charge is -2.17. The fraction of sp³-hybridized carbons (Fsp3) is 0.400. The zero-order valence-corrected chi connectivity index (χ0v) is 15.3. The zero-order valence-electron chi connectivity index (χ0n) is 14.4. The highest BCUT2D eigenvalue weighted by molar-refractivity contribution is 7.87. The Morgan fingerprint density at radius 2 is 1.62 bits per heavy atom.